The second kappa shape index (κ2) is 5.88. The number of carbonyl (C=O) groups is 1. The monoisotopic (exact) mass is 324 g/mol. The summed E-state index contributed by atoms with van der Waals surface area (Å²) in [5.41, 5.74) is 1.62. The van der Waals surface area contributed by atoms with Crippen molar-refractivity contribution >= 4 is 39.0 Å². The molecular formula is C13H13BrN2O3. The van der Waals surface area contributed by atoms with Crippen molar-refractivity contribution in [2.45, 2.75) is 13.5 Å². The van der Waals surface area contributed by atoms with E-state index in [1.807, 2.05) is 18.2 Å². The van der Waals surface area contributed by atoms with Gasteiger partial charge < -0.3 is 14.5 Å². The number of nitrogens with zero attached hydrogens (tertiary/aromatic N) is 2. The van der Waals surface area contributed by atoms with Gasteiger partial charge in [0.05, 0.1) is 12.8 Å². The maximum absolute atomic E-state index is 11.6. The molecule has 2 rings (SSSR count). The highest BCUT2D eigenvalue weighted by Gasteiger charge is 2.11. The molecule has 19 heavy (non-hydrogen) atoms. The van der Waals surface area contributed by atoms with Gasteiger partial charge in [0.2, 0.25) is 0 Å². The molecule has 1 heterocycles. The molecule has 0 fully saturated rings. The van der Waals surface area contributed by atoms with Crippen molar-refractivity contribution in [2.24, 2.45) is 5.16 Å². The Morgan fingerprint density at radius 2 is 2.37 bits per heavy atom. The first-order chi connectivity index (χ1) is 9.15. The number of benzene rings is 1. The number of rotatable bonds is 4. The predicted molar refractivity (Wildman–Crippen MR) is 75.7 cm³/mol. The minimum absolute atomic E-state index is 0.130. The molecule has 1 aromatic carbocycles. The molecule has 0 aliphatic carbocycles. The lowest BCUT2D eigenvalue weighted by Crippen LogP contribution is -2.12. The molecule has 1 aromatic heterocycles. The first-order valence-electron chi connectivity index (χ1n) is 5.77. The van der Waals surface area contributed by atoms with E-state index >= 15 is 0 Å². The van der Waals surface area contributed by atoms with Crippen molar-refractivity contribution < 1.29 is 14.7 Å². The molecule has 5 nitrogen and oxygen atoms in total. The lowest BCUT2D eigenvalue weighted by atomic mass is 10.2. The Balaban J connectivity index is 2.47. The Morgan fingerprint density at radius 1 is 1.58 bits per heavy atom. The van der Waals surface area contributed by atoms with Crippen LogP contribution in [0.25, 0.3) is 10.9 Å². The van der Waals surface area contributed by atoms with E-state index in [1.165, 1.54) is 6.21 Å². The van der Waals surface area contributed by atoms with E-state index in [-0.39, 0.29) is 12.5 Å². The standard InChI is InChI=1S/C13H13BrN2O3/c1-2-19-13(17)8-16-7-9(6-15-18)11-5-10(14)3-4-12(11)16/h3-7,18H,2,8H2,1H3/b15-6-. The number of carbonyl (C=O) groups excluding carboxylic acids is 1. The predicted octanol–water partition coefficient (Wildman–Crippen LogP) is 2.78. The van der Waals surface area contributed by atoms with Crippen LogP contribution in [-0.4, -0.2) is 28.6 Å². The molecule has 0 aliphatic rings. The Morgan fingerprint density at radius 3 is 3.05 bits per heavy atom. The topological polar surface area (TPSA) is 63.8 Å². The molecule has 0 saturated heterocycles. The van der Waals surface area contributed by atoms with Gasteiger partial charge in [0.25, 0.3) is 0 Å². The smallest absolute Gasteiger partial charge is 0.325 e. The highest BCUT2D eigenvalue weighted by Crippen LogP contribution is 2.24. The van der Waals surface area contributed by atoms with Gasteiger partial charge in [-0.3, -0.25) is 4.79 Å². The van der Waals surface area contributed by atoms with E-state index in [2.05, 4.69) is 21.1 Å². The van der Waals surface area contributed by atoms with Crippen LogP contribution in [0.1, 0.15) is 12.5 Å². The van der Waals surface area contributed by atoms with Gasteiger partial charge >= 0.3 is 5.97 Å². The number of fused-ring (bicyclic) bond motifs is 1. The van der Waals surface area contributed by atoms with Crippen LogP contribution >= 0.6 is 15.9 Å². The van der Waals surface area contributed by atoms with Crippen LogP contribution in [0, 0.1) is 0 Å². The average molecular weight is 325 g/mol. The number of ether oxygens (including phenoxy) is 1. The van der Waals surface area contributed by atoms with Crippen LogP contribution in [-0.2, 0) is 16.1 Å². The third-order valence-electron chi connectivity index (χ3n) is 2.68. The normalized spacial score (nSPS) is 11.3. The quantitative estimate of drug-likeness (QED) is 0.407. The van der Waals surface area contributed by atoms with Crippen molar-refractivity contribution in [3.8, 4) is 0 Å². The summed E-state index contributed by atoms with van der Waals surface area (Å²) in [5, 5.41) is 12.6. The van der Waals surface area contributed by atoms with E-state index < -0.39 is 0 Å². The fraction of sp³-hybridized carbons (Fsp3) is 0.231. The molecule has 6 heteroatoms. The number of hydrogen-bond donors (Lipinski definition) is 1. The molecule has 0 aliphatic heterocycles. The van der Waals surface area contributed by atoms with Crippen LogP contribution in [0.3, 0.4) is 0 Å². The highest BCUT2D eigenvalue weighted by molar-refractivity contribution is 9.10. The van der Waals surface area contributed by atoms with E-state index in [4.69, 9.17) is 9.94 Å². The number of esters is 1. The highest BCUT2D eigenvalue weighted by atomic mass is 79.9. The molecule has 0 bridgehead atoms. The number of aromatic nitrogens is 1. The van der Waals surface area contributed by atoms with Crippen LogP contribution in [0.15, 0.2) is 34.0 Å². The summed E-state index contributed by atoms with van der Waals surface area (Å²) in [6.45, 7) is 2.26. The Labute approximate surface area is 118 Å². The second-order valence-corrected chi connectivity index (χ2v) is 4.84. The molecule has 0 saturated carbocycles. The lowest BCUT2D eigenvalue weighted by Gasteiger charge is -2.04. The third-order valence-corrected chi connectivity index (χ3v) is 3.17. The summed E-state index contributed by atoms with van der Waals surface area (Å²) < 4.78 is 7.63. The van der Waals surface area contributed by atoms with Crippen molar-refractivity contribution in [3.63, 3.8) is 0 Å². The molecule has 100 valence electrons. The SMILES string of the molecule is CCOC(=O)Cn1cc(/C=N\O)c2cc(Br)ccc21. The first kappa shape index (κ1) is 13.6. The summed E-state index contributed by atoms with van der Waals surface area (Å²) >= 11 is 3.39. The van der Waals surface area contributed by atoms with Gasteiger partial charge in [0.15, 0.2) is 0 Å². The maximum Gasteiger partial charge on any atom is 0.325 e. The Bertz CT molecular complexity index is 634. The lowest BCUT2D eigenvalue weighted by molar-refractivity contribution is -0.143. The fourth-order valence-electron chi connectivity index (χ4n) is 1.94. The Kier molecular flexibility index (Phi) is 4.21. The third kappa shape index (κ3) is 2.96. The van der Waals surface area contributed by atoms with Crippen molar-refractivity contribution in [1.29, 1.82) is 0 Å². The van der Waals surface area contributed by atoms with Gasteiger partial charge in [-0.15, -0.1) is 0 Å². The van der Waals surface area contributed by atoms with Crippen molar-refractivity contribution in [3.05, 3.63) is 34.4 Å². The molecular weight excluding hydrogens is 312 g/mol. The number of hydrogen-bond acceptors (Lipinski definition) is 4. The van der Waals surface area contributed by atoms with Crippen LogP contribution in [0.2, 0.25) is 0 Å². The molecule has 1 N–H and O–H groups in total. The molecule has 0 atom stereocenters. The molecule has 2 aromatic rings. The molecule has 0 radical (unpaired) electrons. The fourth-order valence-corrected chi connectivity index (χ4v) is 2.30. The first-order valence-corrected chi connectivity index (χ1v) is 6.56. The number of halogens is 1. The van der Waals surface area contributed by atoms with E-state index in [0.29, 0.717) is 6.61 Å². The van der Waals surface area contributed by atoms with Gasteiger partial charge in [-0.1, -0.05) is 21.1 Å². The summed E-state index contributed by atoms with van der Waals surface area (Å²) in [4.78, 5) is 11.6. The van der Waals surface area contributed by atoms with Crippen LogP contribution < -0.4 is 0 Å². The summed E-state index contributed by atoms with van der Waals surface area (Å²) in [7, 11) is 0. The summed E-state index contributed by atoms with van der Waals surface area (Å²) in [6, 6.07) is 5.70. The van der Waals surface area contributed by atoms with Crippen LogP contribution in [0.4, 0.5) is 0 Å². The average Bonchev–Trinajstić information content (AvgIpc) is 2.68. The second-order valence-electron chi connectivity index (χ2n) is 3.92. The number of oxime groups is 1. The zero-order chi connectivity index (χ0) is 13.8. The zero-order valence-electron chi connectivity index (χ0n) is 10.3. The summed E-state index contributed by atoms with van der Waals surface area (Å²) in [5.74, 6) is -0.296. The Hall–Kier alpha value is -1.82. The van der Waals surface area contributed by atoms with Gasteiger partial charge in [-0.05, 0) is 25.1 Å². The minimum Gasteiger partial charge on any atom is -0.465 e. The van der Waals surface area contributed by atoms with Gasteiger partial charge in [0.1, 0.15) is 6.54 Å². The van der Waals surface area contributed by atoms with Gasteiger partial charge in [-0.2, -0.15) is 0 Å². The van der Waals surface area contributed by atoms with Crippen LogP contribution in [0.5, 0.6) is 0 Å². The molecule has 0 unspecified atom stereocenters. The van der Waals surface area contributed by atoms with Crippen molar-refractivity contribution in [1.82, 2.24) is 4.57 Å². The van der Waals surface area contributed by atoms with E-state index in [0.717, 1.165) is 20.9 Å². The van der Waals surface area contributed by atoms with Gasteiger partial charge in [-0.25, -0.2) is 0 Å². The van der Waals surface area contributed by atoms with E-state index in [1.54, 1.807) is 17.7 Å². The van der Waals surface area contributed by atoms with E-state index in [9.17, 15) is 4.79 Å². The minimum atomic E-state index is -0.296. The maximum atomic E-state index is 11.6. The largest absolute Gasteiger partial charge is 0.465 e. The van der Waals surface area contributed by atoms with Gasteiger partial charge in [0, 0.05) is 27.1 Å². The molecule has 0 spiro atoms. The molecule has 0 amide bonds. The van der Waals surface area contributed by atoms with Crippen molar-refractivity contribution in [2.75, 3.05) is 6.61 Å². The zero-order valence-corrected chi connectivity index (χ0v) is 11.9. The summed E-state index contributed by atoms with van der Waals surface area (Å²) in [6.07, 6.45) is 3.10.